The lowest BCUT2D eigenvalue weighted by Gasteiger charge is -1.98. The van der Waals surface area contributed by atoms with Crippen LogP contribution in [0.1, 0.15) is 31.7 Å². The molecule has 1 rings (SSSR count). The summed E-state index contributed by atoms with van der Waals surface area (Å²) < 4.78 is 0. The van der Waals surface area contributed by atoms with Crippen molar-refractivity contribution in [2.45, 2.75) is 26.2 Å². The van der Waals surface area contributed by atoms with Gasteiger partial charge in [-0.2, -0.15) is 0 Å². The van der Waals surface area contributed by atoms with E-state index in [4.69, 9.17) is 5.11 Å². The highest BCUT2D eigenvalue weighted by Crippen LogP contribution is 2.09. The van der Waals surface area contributed by atoms with Crippen LogP contribution in [-0.2, 0) is 4.79 Å². The summed E-state index contributed by atoms with van der Waals surface area (Å²) in [6.45, 7) is 2.05. The lowest BCUT2D eigenvalue weighted by molar-refractivity contribution is -0.132. The summed E-state index contributed by atoms with van der Waals surface area (Å²) in [6.07, 6.45) is 7.95. The van der Waals surface area contributed by atoms with Crippen LogP contribution in [0.25, 0.3) is 6.08 Å². The number of carbonyl (C=O) groups is 1. The third-order valence-electron chi connectivity index (χ3n) is 2.46. The molecule has 2 heteroatoms. The van der Waals surface area contributed by atoms with Gasteiger partial charge in [0.2, 0.25) is 0 Å². The molecule has 17 heavy (non-hydrogen) atoms. The van der Waals surface area contributed by atoms with E-state index in [9.17, 15) is 4.79 Å². The van der Waals surface area contributed by atoms with Gasteiger partial charge in [-0.05, 0) is 18.4 Å². The molecule has 0 spiro atoms. The molecule has 0 aliphatic carbocycles. The van der Waals surface area contributed by atoms with Crippen molar-refractivity contribution in [2.24, 2.45) is 0 Å². The fourth-order valence-electron chi connectivity index (χ4n) is 1.47. The number of hydrogen-bond acceptors (Lipinski definition) is 1. The fourth-order valence-corrected chi connectivity index (χ4v) is 1.47. The lowest BCUT2D eigenvalue weighted by atomic mass is 10.1. The van der Waals surface area contributed by atoms with E-state index in [1.165, 1.54) is 0 Å². The molecule has 0 atom stereocenters. The third kappa shape index (κ3) is 5.16. The van der Waals surface area contributed by atoms with Crippen molar-refractivity contribution in [1.29, 1.82) is 0 Å². The lowest BCUT2D eigenvalue weighted by Crippen LogP contribution is -1.99. The van der Waals surface area contributed by atoms with E-state index in [1.54, 1.807) is 12.2 Å². The summed E-state index contributed by atoms with van der Waals surface area (Å²) in [5.74, 6) is -0.823. The van der Waals surface area contributed by atoms with Crippen LogP contribution in [0.15, 0.2) is 48.1 Å². The average Bonchev–Trinajstić information content (AvgIpc) is 2.34. The van der Waals surface area contributed by atoms with Gasteiger partial charge in [-0.25, -0.2) is 4.79 Å². The Morgan fingerprint density at radius 3 is 2.59 bits per heavy atom. The Labute approximate surface area is 102 Å². The van der Waals surface area contributed by atoms with Crippen molar-refractivity contribution < 1.29 is 9.90 Å². The van der Waals surface area contributed by atoms with Crippen LogP contribution in [0.5, 0.6) is 0 Å². The quantitative estimate of drug-likeness (QED) is 0.594. The first-order valence-corrected chi connectivity index (χ1v) is 5.89. The number of aliphatic carboxylic acids is 1. The highest BCUT2D eigenvalue weighted by atomic mass is 16.4. The van der Waals surface area contributed by atoms with Crippen LogP contribution < -0.4 is 0 Å². The molecule has 2 nitrogen and oxygen atoms in total. The smallest absolute Gasteiger partial charge is 0.331 e. The Hall–Kier alpha value is -1.83. The van der Waals surface area contributed by atoms with Crippen LogP contribution in [0.3, 0.4) is 0 Å². The normalized spacial score (nSPS) is 11.9. The minimum atomic E-state index is -0.823. The molecule has 1 aromatic carbocycles. The highest BCUT2D eigenvalue weighted by molar-refractivity contribution is 5.87. The van der Waals surface area contributed by atoms with Gasteiger partial charge in [-0.1, -0.05) is 61.9 Å². The molecule has 0 fully saturated rings. The molecular weight excluding hydrogens is 212 g/mol. The summed E-state index contributed by atoms with van der Waals surface area (Å²) in [7, 11) is 0. The SMILES string of the molecule is CCCC/C(=C\C=C/c1ccccc1)C(=O)O. The van der Waals surface area contributed by atoms with Gasteiger partial charge in [0.05, 0.1) is 0 Å². The Morgan fingerprint density at radius 1 is 1.29 bits per heavy atom. The first-order chi connectivity index (χ1) is 8.24. The van der Waals surface area contributed by atoms with Crippen molar-refractivity contribution in [2.75, 3.05) is 0 Å². The second-order valence-corrected chi connectivity index (χ2v) is 3.87. The molecular formula is C15H18O2. The molecule has 1 aromatic rings. The molecule has 0 radical (unpaired) electrons. The largest absolute Gasteiger partial charge is 0.478 e. The van der Waals surface area contributed by atoms with Gasteiger partial charge in [0.15, 0.2) is 0 Å². The second-order valence-electron chi connectivity index (χ2n) is 3.87. The van der Waals surface area contributed by atoms with Crippen molar-refractivity contribution in [3.8, 4) is 0 Å². The first-order valence-electron chi connectivity index (χ1n) is 5.89. The summed E-state index contributed by atoms with van der Waals surface area (Å²) in [5, 5.41) is 8.99. The van der Waals surface area contributed by atoms with Gasteiger partial charge in [-0.3, -0.25) is 0 Å². The van der Waals surface area contributed by atoms with Gasteiger partial charge in [0.25, 0.3) is 0 Å². The second kappa shape index (κ2) is 7.44. The predicted octanol–water partition coefficient (Wildman–Crippen LogP) is 3.90. The molecule has 0 saturated heterocycles. The van der Waals surface area contributed by atoms with E-state index >= 15 is 0 Å². The Bertz CT molecular complexity index is 402. The van der Waals surface area contributed by atoms with Gasteiger partial charge in [0, 0.05) is 5.57 Å². The molecule has 0 heterocycles. The van der Waals surface area contributed by atoms with E-state index in [1.807, 2.05) is 36.4 Å². The number of carboxylic acid groups (broad SMARTS) is 1. The topological polar surface area (TPSA) is 37.3 Å². The Kier molecular flexibility index (Phi) is 5.80. The fraction of sp³-hybridized carbons (Fsp3) is 0.267. The predicted molar refractivity (Wildman–Crippen MR) is 70.7 cm³/mol. The van der Waals surface area contributed by atoms with Crippen LogP contribution in [0.2, 0.25) is 0 Å². The molecule has 90 valence electrons. The third-order valence-corrected chi connectivity index (χ3v) is 2.46. The monoisotopic (exact) mass is 230 g/mol. The van der Waals surface area contributed by atoms with Gasteiger partial charge in [-0.15, -0.1) is 0 Å². The van der Waals surface area contributed by atoms with E-state index < -0.39 is 5.97 Å². The zero-order valence-electron chi connectivity index (χ0n) is 10.1. The molecule has 0 amide bonds. The van der Waals surface area contributed by atoms with Crippen LogP contribution >= 0.6 is 0 Å². The number of hydrogen-bond donors (Lipinski definition) is 1. The van der Waals surface area contributed by atoms with Crippen LogP contribution in [-0.4, -0.2) is 11.1 Å². The van der Waals surface area contributed by atoms with Gasteiger partial charge >= 0.3 is 5.97 Å². The summed E-state index contributed by atoms with van der Waals surface area (Å²) in [5.41, 5.74) is 1.54. The molecule has 0 aromatic heterocycles. The van der Waals surface area contributed by atoms with E-state index in [-0.39, 0.29) is 0 Å². The molecule has 0 bridgehead atoms. The molecule has 1 N–H and O–H groups in total. The van der Waals surface area contributed by atoms with Crippen LogP contribution in [0, 0.1) is 0 Å². The van der Waals surface area contributed by atoms with E-state index in [2.05, 4.69) is 6.92 Å². The summed E-state index contributed by atoms with van der Waals surface area (Å²) in [6, 6.07) is 9.84. The minimum absolute atomic E-state index is 0.471. The Balaban J connectivity index is 2.66. The summed E-state index contributed by atoms with van der Waals surface area (Å²) in [4.78, 5) is 10.9. The van der Waals surface area contributed by atoms with E-state index in [0.29, 0.717) is 12.0 Å². The molecule has 0 aliphatic rings. The number of benzene rings is 1. The van der Waals surface area contributed by atoms with Gasteiger partial charge < -0.3 is 5.11 Å². The number of carboxylic acids is 1. The maximum Gasteiger partial charge on any atom is 0.331 e. The standard InChI is InChI=1S/C15H18O2/c1-2-3-11-14(15(16)17)12-7-10-13-8-5-4-6-9-13/h4-10,12H,2-3,11H2,1H3,(H,16,17)/b10-7-,14-12+. The van der Waals surface area contributed by atoms with Crippen molar-refractivity contribution >= 4 is 12.0 Å². The molecule has 0 unspecified atom stereocenters. The van der Waals surface area contributed by atoms with Crippen molar-refractivity contribution in [1.82, 2.24) is 0 Å². The molecule has 0 aliphatic heterocycles. The van der Waals surface area contributed by atoms with Crippen molar-refractivity contribution in [3.63, 3.8) is 0 Å². The zero-order chi connectivity index (χ0) is 12.5. The number of rotatable bonds is 6. The zero-order valence-corrected chi connectivity index (χ0v) is 10.1. The minimum Gasteiger partial charge on any atom is -0.478 e. The summed E-state index contributed by atoms with van der Waals surface area (Å²) >= 11 is 0. The Morgan fingerprint density at radius 2 is 2.00 bits per heavy atom. The van der Waals surface area contributed by atoms with Gasteiger partial charge in [0.1, 0.15) is 0 Å². The van der Waals surface area contributed by atoms with E-state index in [0.717, 1.165) is 18.4 Å². The highest BCUT2D eigenvalue weighted by Gasteiger charge is 2.04. The average molecular weight is 230 g/mol. The maximum absolute atomic E-state index is 10.9. The number of allylic oxidation sites excluding steroid dienone is 2. The first kappa shape index (κ1) is 13.2. The number of unbranched alkanes of at least 4 members (excludes halogenated alkanes) is 1. The molecule has 0 saturated carbocycles. The van der Waals surface area contributed by atoms with Crippen molar-refractivity contribution in [3.05, 3.63) is 53.6 Å². The maximum atomic E-state index is 10.9. The van der Waals surface area contributed by atoms with Crippen LogP contribution in [0.4, 0.5) is 0 Å².